The van der Waals surface area contributed by atoms with E-state index in [4.69, 9.17) is 4.74 Å². The van der Waals surface area contributed by atoms with Crippen molar-refractivity contribution in [1.82, 2.24) is 15.2 Å². The second kappa shape index (κ2) is 8.15. The van der Waals surface area contributed by atoms with E-state index in [1.165, 1.54) is 21.8 Å². The number of amides is 2. The molecule has 0 saturated carbocycles. The van der Waals surface area contributed by atoms with Crippen molar-refractivity contribution in [1.29, 1.82) is 0 Å². The summed E-state index contributed by atoms with van der Waals surface area (Å²) >= 11 is 0. The van der Waals surface area contributed by atoms with Gasteiger partial charge >= 0.3 is 6.09 Å². The molecule has 0 fully saturated rings. The number of carbonyl (C=O) groups excluding carboxylic acids is 2. The minimum Gasteiger partial charge on any atom is -0.444 e. The lowest BCUT2D eigenvalue weighted by atomic mass is 10.1. The molecule has 2 N–H and O–H groups in total. The molecule has 0 aliphatic heterocycles. The average molecular weight is 396 g/mol. The van der Waals surface area contributed by atoms with Crippen molar-refractivity contribution >= 4 is 33.8 Å². The van der Waals surface area contributed by atoms with Crippen LogP contribution in [0.3, 0.4) is 0 Å². The highest BCUT2D eigenvalue weighted by atomic mass is 16.6. The molecule has 2 amide bonds. The normalized spacial score (nSPS) is 12.7. The monoisotopic (exact) mass is 395 g/mol. The summed E-state index contributed by atoms with van der Waals surface area (Å²) in [5.74, 6) is -0.257. The third-order valence-electron chi connectivity index (χ3n) is 4.75. The van der Waals surface area contributed by atoms with Crippen LogP contribution in [0.5, 0.6) is 0 Å². The molecule has 29 heavy (non-hydrogen) atoms. The van der Waals surface area contributed by atoms with Gasteiger partial charge in [-0.2, -0.15) is 0 Å². The SMILES string of the molecule is CCn1c2ccccc2c2cc(CNC(=O)[C@@H](C)NC(=O)OC(C)(C)C)ccc21. The van der Waals surface area contributed by atoms with Gasteiger partial charge in [-0.15, -0.1) is 0 Å². The number of fused-ring (bicyclic) bond motifs is 3. The van der Waals surface area contributed by atoms with Gasteiger partial charge in [0.25, 0.3) is 0 Å². The first-order valence-corrected chi connectivity index (χ1v) is 9.96. The summed E-state index contributed by atoms with van der Waals surface area (Å²) in [7, 11) is 0. The second-order valence-electron chi connectivity index (χ2n) is 8.20. The van der Waals surface area contributed by atoms with Crippen LogP contribution in [0.2, 0.25) is 0 Å². The third-order valence-corrected chi connectivity index (χ3v) is 4.75. The van der Waals surface area contributed by atoms with Gasteiger partial charge in [0.05, 0.1) is 0 Å². The van der Waals surface area contributed by atoms with Crippen LogP contribution in [0.4, 0.5) is 4.79 Å². The number of carbonyl (C=O) groups is 2. The molecule has 2 aromatic carbocycles. The van der Waals surface area contributed by atoms with Gasteiger partial charge < -0.3 is 19.9 Å². The Balaban J connectivity index is 1.70. The molecule has 0 aliphatic rings. The molecule has 0 unspecified atom stereocenters. The molecule has 1 aromatic heterocycles. The van der Waals surface area contributed by atoms with Crippen LogP contribution in [-0.4, -0.2) is 28.2 Å². The fraction of sp³-hybridized carbons (Fsp3) is 0.391. The van der Waals surface area contributed by atoms with Crippen molar-refractivity contribution < 1.29 is 14.3 Å². The van der Waals surface area contributed by atoms with E-state index in [9.17, 15) is 9.59 Å². The van der Waals surface area contributed by atoms with Crippen LogP contribution in [0.1, 0.15) is 40.2 Å². The number of aryl methyl sites for hydroxylation is 1. The number of nitrogens with zero attached hydrogens (tertiary/aromatic N) is 1. The third kappa shape index (κ3) is 4.70. The summed E-state index contributed by atoms with van der Waals surface area (Å²) < 4.78 is 7.48. The van der Waals surface area contributed by atoms with E-state index >= 15 is 0 Å². The quantitative estimate of drug-likeness (QED) is 0.675. The lowest BCUT2D eigenvalue weighted by Crippen LogP contribution is -2.46. The van der Waals surface area contributed by atoms with Crippen LogP contribution < -0.4 is 10.6 Å². The van der Waals surface area contributed by atoms with E-state index in [1.54, 1.807) is 27.7 Å². The lowest BCUT2D eigenvalue weighted by Gasteiger charge is -2.21. The molecule has 0 aliphatic carbocycles. The Morgan fingerprint density at radius 3 is 2.45 bits per heavy atom. The largest absolute Gasteiger partial charge is 0.444 e. The number of aromatic nitrogens is 1. The summed E-state index contributed by atoms with van der Waals surface area (Å²) in [6.45, 7) is 10.4. The highest BCUT2D eigenvalue weighted by Gasteiger charge is 2.21. The van der Waals surface area contributed by atoms with Crippen molar-refractivity contribution in [2.75, 3.05) is 0 Å². The predicted molar refractivity (Wildman–Crippen MR) is 116 cm³/mol. The Morgan fingerprint density at radius 1 is 1.07 bits per heavy atom. The molecular formula is C23H29N3O3. The number of nitrogens with one attached hydrogen (secondary N) is 2. The van der Waals surface area contributed by atoms with Crippen molar-refractivity contribution in [2.45, 2.75) is 59.4 Å². The Morgan fingerprint density at radius 2 is 1.76 bits per heavy atom. The minimum atomic E-state index is -0.685. The maximum atomic E-state index is 12.4. The van der Waals surface area contributed by atoms with Crippen molar-refractivity contribution in [3.63, 3.8) is 0 Å². The first-order chi connectivity index (χ1) is 13.7. The first-order valence-electron chi connectivity index (χ1n) is 9.96. The Bertz CT molecular complexity index is 1050. The van der Waals surface area contributed by atoms with Gasteiger partial charge in [-0.3, -0.25) is 4.79 Å². The molecule has 6 heteroatoms. The van der Waals surface area contributed by atoms with Crippen molar-refractivity contribution in [3.8, 4) is 0 Å². The van der Waals surface area contributed by atoms with E-state index < -0.39 is 17.7 Å². The van der Waals surface area contributed by atoms with Crippen LogP contribution in [0, 0.1) is 0 Å². The molecule has 0 spiro atoms. The first kappa shape index (κ1) is 20.7. The van der Waals surface area contributed by atoms with E-state index in [2.05, 4.69) is 46.4 Å². The van der Waals surface area contributed by atoms with Gasteiger partial charge in [0.2, 0.25) is 5.91 Å². The number of alkyl carbamates (subject to hydrolysis) is 1. The Kier molecular flexibility index (Phi) is 5.82. The topological polar surface area (TPSA) is 72.4 Å². The zero-order valence-electron chi connectivity index (χ0n) is 17.7. The van der Waals surface area contributed by atoms with Gasteiger partial charge in [-0.1, -0.05) is 24.3 Å². The minimum absolute atomic E-state index is 0.257. The number of benzene rings is 2. The Labute approximate surface area is 171 Å². The molecule has 6 nitrogen and oxygen atoms in total. The summed E-state index contributed by atoms with van der Waals surface area (Å²) in [5, 5.41) is 7.83. The summed E-state index contributed by atoms with van der Waals surface area (Å²) in [6, 6.07) is 13.9. The number of hydrogen-bond donors (Lipinski definition) is 2. The van der Waals surface area contributed by atoms with Gasteiger partial charge in [0.15, 0.2) is 0 Å². The van der Waals surface area contributed by atoms with E-state index in [1.807, 2.05) is 18.2 Å². The van der Waals surface area contributed by atoms with E-state index in [0.717, 1.165) is 12.1 Å². The number of para-hydroxylation sites is 1. The maximum absolute atomic E-state index is 12.4. The molecule has 0 bridgehead atoms. The molecule has 3 rings (SSSR count). The summed E-state index contributed by atoms with van der Waals surface area (Å²) in [5.41, 5.74) is 2.80. The number of ether oxygens (including phenoxy) is 1. The Hall–Kier alpha value is -3.02. The molecule has 0 radical (unpaired) electrons. The van der Waals surface area contributed by atoms with Crippen molar-refractivity contribution in [2.24, 2.45) is 0 Å². The molecule has 0 saturated heterocycles. The number of hydrogen-bond acceptors (Lipinski definition) is 3. The predicted octanol–water partition coefficient (Wildman–Crippen LogP) is 4.34. The second-order valence-corrected chi connectivity index (χ2v) is 8.20. The van der Waals surface area contributed by atoms with Gasteiger partial charge in [-0.05, 0) is 58.4 Å². The number of rotatable bonds is 5. The van der Waals surface area contributed by atoms with Gasteiger partial charge in [0, 0.05) is 34.9 Å². The molecular weight excluding hydrogens is 366 g/mol. The van der Waals surface area contributed by atoms with E-state index in [-0.39, 0.29) is 5.91 Å². The maximum Gasteiger partial charge on any atom is 0.408 e. The zero-order chi connectivity index (χ0) is 21.2. The van der Waals surface area contributed by atoms with Gasteiger partial charge in [-0.25, -0.2) is 4.79 Å². The zero-order valence-corrected chi connectivity index (χ0v) is 17.7. The highest BCUT2D eigenvalue weighted by Crippen LogP contribution is 2.29. The van der Waals surface area contributed by atoms with Crippen molar-refractivity contribution in [3.05, 3.63) is 48.0 Å². The molecule has 154 valence electrons. The van der Waals surface area contributed by atoms with Crippen LogP contribution >= 0.6 is 0 Å². The highest BCUT2D eigenvalue weighted by molar-refractivity contribution is 6.08. The molecule has 1 heterocycles. The fourth-order valence-corrected chi connectivity index (χ4v) is 3.44. The van der Waals surface area contributed by atoms with Crippen LogP contribution in [0.25, 0.3) is 21.8 Å². The molecule has 3 aromatic rings. The molecule has 1 atom stereocenters. The summed E-state index contributed by atoms with van der Waals surface area (Å²) in [4.78, 5) is 24.2. The average Bonchev–Trinajstić information content (AvgIpc) is 2.97. The lowest BCUT2D eigenvalue weighted by molar-refractivity contribution is -0.122. The van der Waals surface area contributed by atoms with Gasteiger partial charge in [0.1, 0.15) is 11.6 Å². The fourth-order valence-electron chi connectivity index (χ4n) is 3.44. The van der Waals surface area contributed by atoms with Crippen LogP contribution in [-0.2, 0) is 22.6 Å². The summed E-state index contributed by atoms with van der Waals surface area (Å²) in [6.07, 6.45) is -0.603. The smallest absolute Gasteiger partial charge is 0.408 e. The van der Waals surface area contributed by atoms with E-state index in [0.29, 0.717) is 6.54 Å². The van der Waals surface area contributed by atoms with Crippen LogP contribution in [0.15, 0.2) is 42.5 Å². The standard InChI is InChI=1S/C23H29N3O3/c1-6-26-19-10-8-7-9-17(19)18-13-16(11-12-20(18)26)14-24-21(27)15(2)25-22(28)29-23(3,4)5/h7-13,15H,6,14H2,1-5H3,(H,24,27)(H,25,28)/t15-/m1/s1.